The standard InChI is InChI=1S/C16H31NO/c1-4-14-7-5-6-10-16(14)15(9-8-13(2)3)17-11-12-18-16/h13-15,17H,4-12H2,1-3H3. The first-order chi connectivity index (χ1) is 8.69. The van der Waals surface area contributed by atoms with Crippen molar-refractivity contribution < 1.29 is 4.74 Å². The molecule has 2 fully saturated rings. The van der Waals surface area contributed by atoms with Crippen molar-refractivity contribution in [1.82, 2.24) is 5.32 Å². The van der Waals surface area contributed by atoms with E-state index in [4.69, 9.17) is 4.74 Å². The van der Waals surface area contributed by atoms with Crippen molar-refractivity contribution in [3.8, 4) is 0 Å². The molecule has 1 N–H and O–H groups in total. The summed E-state index contributed by atoms with van der Waals surface area (Å²) in [6, 6.07) is 0.596. The molecular formula is C16H31NO. The topological polar surface area (TPSA) is 21.3 Å². The van der Waals surface area contributed by atoms with Crippen molar-refractivity contribution in [3.05, 3.63) is 0 Å². The molecular weight excluding hydrogens is 222 g/mol. The number of ether oxygens (including phenoxy) is 1. The van der Waals surface area contributed by atoms with Crippen molar-refractivity contribution in [2.45, 2.75) is 77.4 Å². The average Bonchev–Trinajstić information content (AvgIpc) is 2.38. The van der Waals surface area contributed by atoms with Crippen molar-refractivity contribution in [2.75, 3.05) is 13.2 Å². The number of hydrogen-bond donors (Lipinski definition) is 1. The van der Waals surface area contributed by atoms with Gasteiger partial charge in [0.05, 0.1) is 12.2 Å². The van der Waals surface area contributed by atoms with Gasteiger partial charge in [0.15, 0.2) is 0 Å². The molecule has 106 valence electrons. The first-order valence-electron chi connectivity index (χ1n) is 8.06. The Bertz CT molecular complexity index is 247. The number of nitrogens with one attached hydrogen (secondary N) is 1. The van der Waals surface area contributed by atoms with Gasteiger partial charge >= 0.3 is 0 Å². The Morgan fingerprint density at radius 3 is 2.89 bits per heavy atom. The van der Waals surface area contributed by atoms with Gasteiger partial charge in [0.2, 0.25) is 0 Å². The summed E-state index contributed by atoms with van der Waals surface area (Å²) in [6.45, 7) is 8.95. The highest BCUT2D eigenvalue weighted by Crippen LogP contribution is 2.43. The van der Waals surface area contributed by atoms with Crippen LogP contribution >= 0.6 is 0 Å². The molecule has 18 heavy (non-hydrogen) atoms. The van der Waals surface area contributed by atoms with E-state index in [1.807, 2.05) is 0 Å². The summed E-state index contributed by atoms with van der Waals surface area (Å²) in [5, 5.41) is 3.77. The Morgan fingerprint density at radius 1 is 1.33 bits per heavy atom. The summed E-state index contributed by atoms with van der Waals surface area (Å²) in [6.07, 6.45) is 9.29. The summed E-state index contributed by atoms with van der Waals surface area (Å²) in [5.41, 5.74) is 0.167. The van der Waals surface area contributed by atoms with E-state index in [2.05, 4.69) is 26.1 Å². The summed E-state index contributed by atoms with van der Waals surface area (Å²) in [7, 11) is 0. The molecule has 0 amide bonds. The molecule has 0 aromatic carbocycles. The zero-order chi connectivity index (χ0) is 13.0. The fourth-order valence-corrected chi connectivity index (χ4v) is 4.03. The van der Waals surface area contributed by atoms with Gasteiger partial charge in [-0.3, -0.25) is 0 Å². The fraction of sp³-hybridized carbons (Fsp3) is 1.00. The second-order valence-electron chi connectivity index (χ2n) is 6.63. The van der Waals surface area contributed by atoms with Crippen LogP contribution in [-0.2, 0) is 4.74 Å². The van der Waals surface area contributed by atoms with Crippen LogP contribution in [0.25, 0.3) is 0 Å². The lowest BCUT2D eigenvalue weighted by Gasteiger charge is -2.52. The van der Waals surface area contributed by atoms with Crippen LogP contribution in [0.5, 0.6) is 0 Å². The van der Waals surface area contributed by atoms with Crippen LogP contribution in [-0.4, -0.2) is 24.8 Å². The molecule has 2 aliphatic rings. The Balaban J connectivity index is 2.08. The zero-order valence-electron chi connectivity index (χ0n) is 12.5. The summed E-state index contributed by atoms with van der Waals surface area (Å²) in [5.74, 6) is 1.57. The number of hydrogen-bond acceptors (Lipinski definition) is 2. The summed E-state index contributed by atoms with van der Waals surface area (Å²) < 4.78 is 6.39. The first-order valence-corrected chi connectivity index (χ1v) is 8.06. The second kappa shape index (κ2) is 6.38. The molecule has 1 aliphatic heterocycles. The first kappa shape index (κ1) is 14.3. The van der Waals surface area contributed by atoms with Crippen LogP contribution in [0.15, 0.2) is 0 Å². The second-order valence-corrected chi connectivity index (χ2v) is 6.63. The Hall–Kier alpha value is -0.0800. The van der Waals surface area contributed by atoms with E-state index in [0.29, 0.717) is 6.04 Å². The van der Waals surface area contributed by atoms with Gasteiger partial charge in [-0.15, -0.1) is 0 Å². The predicted molar refractivity (Wildman–Crippen MR) is 76.8 cm³/mol. The molecule has 3 unspecified atom stereocenters. The molecule has 1 heterocycles. The highest BCUT2D eigenvalue weighted by Gasteiger charge is 2.48. The van der Waals surface area contributed by atoms with Crippen LogP contribution in [0.3, 0.4) is 0 Å². The van der Waals surface area contributed by atoms with E-state index in [-0.39, 0.29) is 5.60 Å². The predicted octanol–water partition coefficient (Wildman–Crippen LogP) is 3.75. The van der Waals surface area contributed by atoms with E-state index in [1.54, 1.807) is 0 Å². The van der Waals surface area contributed by atoms with Gasteiger partial charge < -0.3 is 10.1 Å². The maximum Gasteiger partial charge on any atom is 0.0863 e. The lowest BCUT2D eigenvalue weighted by molar-refractivity contribution is -0.154. The molecule has 0 aromatic heterocycles. The summed E-state index contributed by atoms with van der Waals surface area (Å²) >= 11 is 0. The molecule has 1 spiro atoms. The third-order valence-electron chi connectivity index (χ3n) is 5.04. The largest absolute Gasteiger partial charge is 0.372 e. The van der Waals surface area contributed by atoms with Crippen LogP contribution in [0.2, 0.25) is 0 Å². The van der Waals surface area contributed by atoms with E-state index < -0.39 is 0 Å². The van der Waals surface area contributed by atoms with Gasteiger partial charge in [-0.05, 0) is 37.5 Å². The van der Waals surface area contributed by atoms with Crippen LogP contribution in [0.4, 0.5) is 0 Å². The minimum Gasteiger partial charge on any atom is -0.372 e. The minimum atomic E-state index is 0.167. The van der Waals surface area contributed by atoms with Gasteiger partial charge in [-0.2, -0.15) is 0 Å². The van der Waals surface area contributed by atoms with Crippen molar-refractivity contribution in [3.63, 3.8) is 0 Å². The molecule has 2 nitrogen and oxygen atoms in total. The molecule has 1 saturated carbocycles. The minimum absolute atomic E-state index is 0.167. The van der Waals surface area contributed by atoms with Crippen molar-refractivity contribution in [2.24, 2.45) is 11.8 Å². The molecule has 2 rings (SSSR count). The average molecular weight is 253 g/mol. The molecule has 0 radical (unpaired) electrons. The lowest BCUT2D eigenvalue weighted by Crippen LogP contribution is -2.62. The highest BCUT2D eigenvalue weighted by atomic mass is 16.5. The normalized spacial score (nSPS) is 37.3. The van der Waals surface area contributed by atoms with E-state index in [0.717, 1.165) is 25.0 Å². The number of rotatable bonds is 4. The summed E-state index contributed by atoms with van der Waals surface area (Å²) in [4.78, 5) is 0. The van der Waals surface area contributed by atoms with E-state index in [9.17, 15) is 0 Å². The van der Waals surface area contributed by atoms with Crippen molar-refractivity contribution in [1.29, 1.82) is 0 Å². The van der Waals surface area contributed by atoms with E-state index in [1.165, 1.54) is 44.9 Å². The maximum atomic E-state index is 6.39. The zero-order valence-corrected chi connectivity index (χ0v) is 12.5. The maximum absolute atomic E-state index is 6.39. The van der Waals surface area contributed by atoms with Gasteiger partial charge in [0.1, 0.15) is 0 Å². The third-order valence-corrected chi connectivity index (χ3v) is 5.04. The Kier molecular flexibility index (Phi) is 5.08. The fourth-order valence-electron chi connectivity index (χ4n) is 4.03. The van der Waals surface area contributed by atoms with Gasteiger partial charge in [-0.1, -0.05) is 40.0 Å². The third kappa shape index (κ3) is 2.91. The SMILES string of the molecule is CCC1CCCCC12OCCNC2CCC(C)C. The van der Waals surface area contributed by atoms with Crippen LogP contribution in [0, 0.1) is 11.8 Å². The highest BCUT2D eigenvalue weighted by molar-refractivity contribution is 5.02. The Morgan fingerprint density at radius 2 is 2.17 bits per heavy atom. The number of morpholine rings is 1. The van der Waals surface area contributed by atoms with Crippen LogP contribution < -0.4 is 5.32 Å². The van der Waals surface area contributed by atoms with Crippen molar-refractivity contribution >= 4 is 0 Å². The Labute approximate surface area is 113 Å². The quantitative estimate of drug-likeness (QED) is 0.824. The molecule has 3 atom stereocenters. The molecule has 0 aromatic rings. The molecule has 0 bridgehead atoms. The molecule has 1 aliphatic carbocycles. The van der Waals surface area contributed by atoms with Crippen LogP contribution in [0.1, 0.15) is 65.7 Å². The molecule has 1 saturated heterocycles. The lowest BCUT2D eigenvalue weighted by atomic mass is 9.68. The monoisotopic (exact) mass is 253 g/mol. The van der Waals surface area contributed by atoms with Gasteiger partial charge in [0.25, 0.3) is 0 Å². The van der Waals surface area contributed by atoms with Gasteiger partial charge in [-0.25, -0.2) is 0 Å². The smallest absolute Gasteiger partial charge is 0.0863 e. The molecule has 2 heteroatoms. The van der Waals surface area contributed by atoms with E-state index >= 15 is 0 Å². The van der Waals surface area contributed by atoms with Gasteiger partial charge in [0, 0.05) is 12.6 Å².